The number of nitrogen functional groups attached to an aromatic ring is 1. The van der Waals surface area contributed by atoms with Gasteiger partial charge < -0.3 is 10.5 Å². The van der Waals surface area contributed by atoms with Crippen LogP contribution in [0.4, 0.5) is 5.69 Å². The summed E-state index contributed by atoms with van der Waals surface area (Å²) in [4.78, 5) is 0. The van der Waals surface area contributed by atoms with Crippen molar-refractivity contribution in [2.45, 2.75) is 0 Å². The Morgan fingerprint density at radius 1 is 0.485 bits per heavy atom. The van der Waals surface area contributed by atoms with Crippen molar-refractivity contribution in [1.29, 1.82) is 0 Å². The standard InChI is InChI=1S/C30H22ClNO/c31-27-15-7-4-12-23(27)24-13-5-8-16-29(24)33-30-17-9-6-14-25(30)26-20-22(18-19-28(26)32)21-10-2-1-3-11-21/h1-20H,32H2. The Balaban J connectivity index is 1.59. The third-order valence-electron chi connectivity index (χ3n) is 5.61. The van der Waals surface area contributed by atoms with Gasteiger partial charge in [0.05, 0.1) is 0 Å². The van der Waals surface area contributed by atoms with E-state index in [1.807, 2.05) is 103 Å². The number of rotatable bonds is 5. The molecule has 5 aromatic rings. The second-order valence-corrected chi connectivity index (χ2v) is 8.15. The maximum absolute atomic E-state index is 6.49. The molecular weight excluding hydrogens is 426 g/mol. The van der Waals surface area contributed by atoms with Crippen LogP contribution in [0, 0.1) is 0 Å². The lowest BCUT2D eigenvalue weighted by Crippen LogP contribution is -1.95. The van der Waals surface area contributed by atoms with E-state index < -0.39 is 0 Å². The number of hydrogen-bond acceptors (Lipinski definition) is 2. The van der Waals surface area contributed by atoms with Crippen molar-refractivity contribution in [2.75, 3.05) is 5.73 Å². The molecule has 0 bridgehead atoms. The number of hydrogen-bond donors (Lipinski definition) is 1. The van der Waals surface area contributed by atoms with E-state index in [0.29, 0.717) is 10.7 Å². The largest absolute Gasteiger partial charge is 0.456 e. The summed E-state index contributed by atoms with van der Waals surface area (Å²) in [6, 6.07) is 40.1. The number of nitrogens with two attached hydrogens (primary N) is 1. The van der Waals surface area contributed by atoms with Gasteiger partial charge in [0.25, 0.3) is 0 Å². The lowest BCUT2D eigenvalue weighted by atomic mass is 9.97. The summed E-state index contributed by atoms with van der Waals surface area (Å²) in [7, 11) is 0. The van der Waals surface area contributed by atoms with Crippen LogP contribution in [0.25, 0.3) is 33.4 Å². The van der Waals surface area contributed by atoms with E-state index in [0.717, 1.165) is 44.9 Å². The Hall–Kier alpha value is -4.01. The smallest absolute Gasteiger partial charge is 0.135 e. The Labute approximate surface area is 198 Å². The van der Waals surface area contributed by atoms with Gasteiger partial charge >= 0.3 is 0 Å². The number of para-hydroxylation sites is 2. The zero-order chi connectivity index (χ0) is 22.6. The van der Waals surface area contributed by atoms with Gasteiger partial charge in [-0.25, -0.2) is 0 Å². The Kier molecular flexibility index (Phi) is 5.84. The summed E-state index contributed by atoms with van der Waals surface area (Å²) in [5.74, 6) is 1.46. The molecule has 3 heteroatoms. The number of ether oxygens (including phenoxy) is 1. The van der Waals surface area contributed by atoms with Crippen molar-refractivity contribution in [3.05, 3.63) is 126 Å². The topological polar surface area (TPSA) is 35.2 Å². The Morgan fingerprint density at radius 2 is 1.03 bits per heavy atom. The maximum atomic E-state index is 6.49. The molecule has 0 aliphatic carbocycles. The quantitative estimate of drug-likeness (QED) is 0.273. The van der Waals surface area contributed by atoms with E-state index in [-0.39, 0.29) is 0 Å². The van der Waals surface area contributed by atoms with Crippen LogP contribution < -0.4 is 10.5 Å². The third kappa shape index (κ3) is 4.34. The normalized spacial score (nSPS) is 10.7. The van der Waals surface area contributed by atoms with Gasteiger partial charge in [0.1, 0.15) is 11.5 Å². The zero-order valence-corrected chi connectivity index (χ0v) is 18.7. The van der Waals surface area contributed by atoms with Gasteiger partial charge in [-0.3, -0.25) is 0 Å². The Bertz CT molecular complexity index is 1410. The average Bonchev–Trinajstić information content (AvgIpc) is 2.86. The van der Waals surface area contributed by atoms with Crippen molar-refractivity contribution in [3.8, 4) is 44.9 Å². The molecule has 0 fully saturated rings. The molecule has 160 valence electrons. The lowest BCUT2D eigenvalue weighted by Gasteiger charge is -2.17. The first kappa shape index (κ1) is 20.9. The monoisotopic (exact) mass is 447 g/mol. The molecule has 0 heterocycles. The molecule has 0 aliphatic rings. The molecule has 5 rings (SSSR count). The number of anilines is 1. The second-order valence-electron chi connectivity index (χ2n) is 7.74. The van der Waals surface area contributed by atoms with Gasteiger partial charge in [-0.1, -0.05) is 103 Å². The minimum atomic E-state index is 0.682. The highest BCUT2D eigenvalue weighted by Gasteiger charge is 2.14. The van der Waals surface area contributed by atoms with E-state index in [1.54, 1.807) is 0 Å². The predicted octanol–water partition coefficient (Wildman–Crippen LogP) is 8.72. The van der Waals surface area contributed by atoms with Gasteiger partial charge in [-0.05, 0) is 41.5 Å². The van der Waals surface area contributed by atoms with Gasteiger partial charge in [-0.2, -0.15) is 0 Å². The molecule has 0 spiro atoms. The summed E-state index contributed by atoms with van der Waals surface area (Å²) in [5, 5.41) is 0.682. The molecule has 2 nitrogen and oxygen atoms in total. The molecule has 0 saturated heterocycles. The molecular formula is C30H22ClNO. The van der Waals surface area contributed by atoms with Gasteiger partial charge in [-0.15, -0.1) is 0 Å². The fourth-order valence-corrected chi connectivity index (χ4v) is 4.19. The highest BCUT2D eigenvalue weighted by molar-refractivity contribution is 6.33. The molecule has 0 radical (unpaired) electrons. The lowest BCUT2D eigenvalue weighted by molar-refractivity contribution is 0.486. The van der Waals surface area contributed by atoms with Gasteiger partial charge in [0.15, 0.2) is 0 Å². The van der Waals surface area contributed by atoms with Crippen LogP contribution in [0.15, 0.2) is 121 Å². The summed E-state index contributed by atoms with van der Waals surface area (Å²) in [5.41, 5.74) is 13.1. The van der Waals surface area contributed by atoms with E-state index in [1.165, 1.54) is 0 Å². The first-order chi connectivity index (χ1) is 16.2. The molecule has 33 heavy (non-hydrogen) atoms. The molecule has 0 unspecified atom stereocenters. The van der Waals surface area contributed by atoms with Gasteiger partial charge in [0, 0.05) is 33.0 Å². The van der Waals surface area contributed by atoms with E-state index in [4.69, 9.17) is 22.1 Å². The molecule has 0 atom stereocenters. The van der Waals surface area contributed by atoms with Crippen molar-refractivity contribution < 1.29 is 4.74 Å². The van der Waals surface area contributed by atoms with E-state index >= 15 is 0 Å². The summed E-state index contributed by atoms with van der Waals surface area (Å²) >= 11 is 6.49. The minimum Gasteiger partial charge on any atom is -0.456 e. The summed E-state index contributed by atoms with van der Waals surface area (Å²) < 4.78 is 6.49. The van der Waals surface area contributed by atoms with Crippen LogP contribution >= 0.6 is 11.6 Å². The highest BCUT2D eigenvalue weighted by Crippen LogP contribution is 2.41. The fourth-order valence-electron chi connectivity index (χ4n) is 3.95. The SMILES string of the molecule is Nc1ccc(-c2ccccc2)cc1-c1ccccc1Oc1ccccc1-c1ccccc1Cl. The number of halogens is 1. The van der Waals surface area contributed by atoms with Crippen molar-refractivity contribution >= 4 is 17.3 Å². The van der Waals surface area contributed by atoms with Gasteiger partial charge in [0.2, 0.25) is 0 Å². The van der Waals surface area contributed by atoms with Crippen LogP contribution in [0.2, 0.25) is 5.02 Å². The Morgan fingerprint density at radius 3 is 1.70 bits per heavy atom. The van der Waals surface area contributed by atoms with E-state index in [2.05, 4.69) is 18.2 Å². The average molecular weight is 448 g/mol. The summed E-state index contributed by atoms with van der Waals surface area (Å²) in [6.07, 6.45) is 0. The molecule has 0 saturated carbocycles. The molecule has 2 N–H and O–H groups in total. The van der Waals surface area contributed by atoms with Crippen molar-refractivity contribution in [3.63, 3.8) is 0 Å². The number of benzene rings is 5. The third-order valence-corrected chi connectivity index (χ3v) is 5.94. The first-order valence-corrected chi connectivity index (χ1v) is 11.1. The second kappa shape index (κ2) is 9.23. The molecule has 0 aromatic heterocycles. The van der Waals surface area contributed by atoms with Crippen molar-refractivity contribution in [1.82, 2.24) is 0 Å². The van der Waals surface area contributed by atoms with Crippen LogP contribution in [-0.4, -0.2) is 0 Å². The maximum Gasteiger partial charge on any atom is 0.135 e. The fraction of sp³-hybridized carbons (Fsp3) is 0. The summed E-state index contributed by atoms with van der Waals surface area (Å²) in [6.45, 7) is 0. The predicted molar refractivity (Wildman–Crippen MR) is 139 cm³/mol. The zero-order valence-electron chi connectivity index (χ0n) is 17.9. The van der Waals surface area contributed by atoms with Crippen LogP contribution in [0.3, 0.4) is 0 Å². The van der Waals surface area contributed by atoms with Crippen molar-refractivity contribution in [2.24, 2.45) is 0 Å². The van der Waals surface area contributed by atoms with Crippen LogP contribution in [0.5, 0.6) is 11.5 Å². The molecule has 0 amide bonds. The first-order valence-electron chi connectivity index (χ1n) is 10.8. The van der Waals surface area contributed by atoms with E-state index in [9.17, 15) is 0 Å². The minimum absolute atomic E-state index is 0.682. The van der Waals surface area contributed by atoms with Crippen LogP contribution in [-0.2, 0) is 0 Å². The van der Waals surface area contributed by atoms with Crippen LogP contribution in [0.1, 0.15) is 0 Å². The highest BCUT2D eigenvalue weighted by atomic mass is 35.5. The molecule has 0 aliphatic heterocycles. The molecule has 5 aromatic carbocycles.